The molecule has 74 valence electrons. The number of hydrogen-bond donors (Lipinski definition) is 0. The predicted octanol–water partition coefficient (Wildman–Crippen LogP) is 1.98. The summed E-state index contributed by atoms with van der Waals surface area (Å²) in [5.41, 5.74) is 0. The van der Waals surface area contributed by atoms with E-state index in [1.54, 1.807) is 0 Å². The molecule has 0 amide bonds. The minimum atomic E-state index is -2.44. The van der Waals surface area contributed by atoms with Gasteiger partial charge in [0.2, 0.25) is 0 Å². The standard InChI is InChI=1S/C8H18O2S2/c1-7(2)5-10-12(9,11)6-8(3)4/h7-8H,5-6H2,1-4H3. The van der Waals surface area contributed by atoms with Gasteiger partial charge in [-0.25, -0.2) is 4.21 Å². The van der Waals surface area contributed by atoms with Crippen molar-refractivity contribution >= 4 is 20.0 Å². The zero-order valence-corrected chi connectivity index (χ0v) is 9.83. The van der Waals surface area contributed by atoms with Gasteiger partial charge in [-0.1, -0.05) is 27.7 Å². The first-order chi connectivity index (χ1) is 5.33. The lowest BCUT2D eigenvalue weighted by Crippen LogP contribution is -2.16. The Kier molecular flexibility index (Phi) is 5.29. The van der Waals surface area contributed by atoms with E-state index >= 15 is 0 Å². The van der Waals surface area contributed by atoms with Crippen molar-refractivity contribution in [2.75, 3.05) is 12.4 Å². The molecule has 0 aromatic rings. The second kappa shape index (κ2) is 5.14. The fourth-order valence-electron chi connectivity index (χ4n) is 0.696. The lowest BCUT2D eigenvalue weighted by molar-refractivity contribution is 0.294. The Labute approximate surface area is 80.6 Å². The molecule has 1 atom stereocenters. The summed E-state index contributed by atoms with van der Waals surface area (Å²) in [5.74, 6) is 1.21. The molecule has 0 aliphatic carbocycles. The van der Waals surface area contributed by atoms with Crippen LogP contribution in [0.5, 0.6) is 0 Å². The van der Waals surface area contributed by atoms with Gasteiger partial charge < -0.3 is 0 Å². The minimum Gasteiger partial charge on any atom is -0.290 e. The van der Waals surface area contributed by atoms with E-state index in [9.17, 15) is 4.21 Å². The molecule has 0 aliphatic heterocycles. The van der Waals surface area contributed by atoms with E-state index in [0.717, 1.165) is 0 Å². The highest BCUT2D eigenvalue weighted by atomic mass is 32.8. The molecule has 4 heteroatoms. The van der Waals surface area contributed by atoms with E-state index in [1.807, 2.05) is 27.7 Å². The summed E-state index contributed by atoms with van der Waals surface area (Å²) in [4.78, 5) is 0. The summed E-state index contributed by atoms with van der Waals surface area (Å²) in [7, 11) is -2.44. The largest absolute Gasteiger partial charge is 0.290 e. The molecule has 0 saturated carbocycles. The molecular formula is C8H18O2S2. The SMILES string of the molecule is CC(C)COS(=O)(=S)CC(C)C. The van der Waals surface area contributed by atoms with Crippen LogP contribution in [0.15, 0.2) is 0 Å². The molecule has 0 radical (unpaired) electrons. The Balaban J connectivity index is 3.89. The van der Waals surface area contributed by atoms with Crippen molar-refractivity contribution in [2.45, 2.75) is 27.7 Å². The quantitative estimate of drug-likeness (QED) is 0.694. The second-order valence-corrected chi connectivity index (χ2v) is 7.00. The highest BCUT2D eigenvalue weighted by Gasteiger charge is 2.10. The van der Waals surface area contributed by atoms with Crippen LogP contribution in [0, 0.1) is 11.8 Å². The molecule has 0 heterocycles. The molecule has 0 aliphatic rings. The molecular weight excluding hydrogens is 192 g/mol. The topological polar surface area (TPSA) is 26.3 Å². The monoisotopic (exact) mass is 210 g/mol. The summed E-state index contributed by atoms with van der Waals surface area (Å²) in [6, 6.07) is 0. The molecule has 0 bridgehead atoms. The van der Waals surface area contributed by atoms with E-state index in [1.165, 1.54) is 0 Å². The minimum absolute atomic E-state index is 0.335. The van der Waals surface area contributed by atoms with Crippen molar-refractivity contribution in [1.29, 1.82) is 0 Å². The van der Waals surface area contributed by atoms with Crippen molar-refractivity contribution in [3.8, 4) is 0 Å². The lowest BCUT2D eigenvalue weighted by Gasteiger charge is -2.11. The van der Waals surface area contributed by atoms with Crippen LogP contribution >= 0.6 is 0 Å². The third kappa shape index (κ3) is 7.00. The summed E-state index contributed by atoms with van der Waals surface area (Å²) >= 11 is 4.84. The van der Waals surface area contributed by atoms with E-state index in [2.05, 4.69) is 0 Å². The maximum atomic E-state index is 11.5. The first-order valence-corrected chi connectivity index (χ1v) is 6.78. The first-order valence-electron chi connectivity index (χ1n) is 4.20. The van der Waals surface area contributed by atoms with Crippen LogP contribution in [-0.2, 0) is 24.1 Å². The molecule has 12 heavy (non-hydrogen) atoms. The number of rotatable bonds is 5. The fourth-order valence-corrected chi connectivity index (χ4v) is 3.07. The summed E-state index contributed by atoms with van der Waals surface area (Å²) in [6.07, 6.45) is 0. The molecule has 2 nitrogen and oxygen atoms in total. The Morgan fingerprint density at radius 3 is 2.08 bits per heavy atom. The van der Waals surface area contributed by atoms with Crippen LogP contribution in [0.3, 0.4) is 0 Å². The smallest absolute Gasteiger partial charge is 0.144 e. The maximum Gasteiger partial charge on any atom is 0.144 e. The zero-order chi connectivity index (χ0) is 9.78. The van der Waals surface area contributed by atoms with Crippen LogP contribution in [0.1, 0.15) is 27.7 Å². The van der Waals surface area contributed by atoms with E-state index in [-0.39, 0.29) is 0 Å². The third-order valence-corrected chi connectivity index (χ3v) is 3.39. The highest BCUT2D eigenvalue weighted by molar-refractivity contribution is 8.30. The van der Waals surface area contributed by atoms with Crippen LogP contribution in [0.4, 0.5) is 0 Å². The Bertz CT molecular complexity index is 205. The van der Waals surface area contributed by atoms with Gasteiger partial charge in [0.05, 0.1) is 12.4 Å². The van der Waals surface area contributed by atoms with Gasteiger partial charge in [-0.2, -0.15) is 0 Å². The highest BCUT2D eigenvalue weighted by Crippen LogP contribution is 2.05. The van der Waals surface area contributed by atoms with Crippen LogP contribution in [0.2, 0.25) is 0 Å². The molecule has 0 rings (SSSR count). The van der Waals surface area contributed by atoms with Gasteiger partial charge in [0.1, 0.15) is 8.77 Å². The van der Waals surface area contributed by atoms with Crippen molar-refractivity contribution in [3.63, 3.8) is 0 Å². The summed E-state index contributed by atoms with van der Waals surface area (Å²) in [5, 5.41) is 0. The summed E-state index contributed by atoms with van der Waals surface area (Å²) in [6.45, 7) is 8.50. The Morgan fingerprint density at radius 1 is 1.25 bits per heavy atom. The molecule has 0 N–H and O–H groups in total. The van der Waals surface area contributed by atoms with Gasteiger partial charge in [-0.05, 0) is 11.8 Å². The molecule has 1 unspecified atom stereocenters. The Morgan fingerprint density at radius 2 is 1.75 bits per heavy atom. The van der Waals surface area contributed by atoms with Gasteiger partial charge in [-0.15, -0.1) is 0 Å². The van der Waals surface area contributed by atoms with Crippen molar-refractivity contribution in [2.24, 2.45) is 11.8 Å². The Hall–Kier alpha value is 0.330. The van der Waals surface area contributed by atoms with E-state index in [4.69, 9.17) is 15.4 Å². The van der Waals surface area contributed by atoms with E-state index < -0.39 is 8.77 Å². The van der Waals surface area contributed by atoms with Crippen molar-refractivity contribution < 1.29 is 8.39 Å². The third-order valence-electron chi connectivity index (χ3n) is 1.12. The normalized spacial score (nSPS) is 16.8. The van der Waals surface area contributed by atoms with Crippen molar-refractivity contribution in [3.05, 3.63) is 0 Å². The number of hydrogen-bond acceptors (Lipinski definition) is 3. The van der Waals surface area contributed by atoms with E-state index in [0.29, 0.717) is 24.2 Å². The molecule has 0 saturated heterocycles. The molecule has 0 aromatic carbocycles. The lowest BCUT2D eigenvalue weighted by atomic mass is 10.2. The first kappa shape index (κ1) is 12.3. The van der Waals surface area contributed by atoms with Crippen molar-refractivity contribution in [1.82, 2.24) is 0 Å². The second-order valence-electron chi connectivity index (χ2n) is 3.80. The zero-order valence-electron chi connectivity index (χ0n) is 8.20. The maximum absolute atomic E-state index is 11.5. The molecule has 0 spiro atoms. The van der Waals surface area contributed by atoms with Gasteiger partial charge in [0, 0.05) is 11.2 Å². The predicted molar refractivity (Wildman–Crippen MR) is 56.0 cm³/mol. The fraction of sp³-hybridized carbons (Fsp3) is 1.00. The molecule has 0 aromatic heterocycles. The van der Waals surface area contributed by atoms with Crippen LogP contribution in [0.25, 0.3) is 0 Å². The van der Waals surface area contributed by atoms with Crippen LogP contribution < -0.4 is 0 Å². The van der Waals surface area contributed by atoms with Gasteiger partial charge in [0.25, 0.3) is 0 Å². The average molecular weight is 210 g/mol. The van der Waals surface area contributed by atoms with Gasteiger partial charge >= 0.3 is 0 Å². The van der Waals surface area contributed by atoms with Crippen LogP contribution in [-0.4, -0.2) is 16.6 Å². The van der Waals surface area contributed by atoms with Gasteiger partial charge in [-0.3, -0.25) is 4.18 Å². The van der Waals surface area contributed by atoms with Gasteiger partial charge in [0.15, 0.2) is 0 Å². The summed E-state index contributed by atoms with van der Waals surface area (Å²) < 4.78 is 16.6. The average Bonchev–Trinajstić information content (AvgIpc) is 1.81. The molecule has 0 fully saturated rings.